The van der Waals surface area contributed by atoms with E-state index in [0.29, 0.717) is 4.77 Å². The van der Waals surface area contributed by atoms with Gasteiger partial charge in [0.25, 0.3) is 5.91 Å². The van der Waals surface area contributed by atoms with Crippen LogP contribution >= 0.6 is 12.2 Å². The zero-order valence-corrected chi connectivity index (χ0v) is 8.54. The molecule has 2 aromatic rings. The lowest BCUT2D eigenvalue weighted by Crippen LogP contribution is -2.24. The monoisotopic (exact) mass is 223 g/mol. The predicted octanol–water partition coefficient (Wildman–Crippen LogP) is 1.20. The number of H-pyrrole nitrogens is 1. The van der Waals surface area contributed by atoms with E-state index in [1.165, 1.54) is 0 Å². The molecule has 3 N–H and O–H groups in total. The molecule has 0 unspecified atom stereocenters. The molecule has 1 aromatic carbocycles. The fourth-order valence-corrected chi connectivity index (χ4v) is 1.72. The van der Waals surface area contributed by atoms with Gasteiger partial charge in [0, 0.05) is 0 Å². The number of hydrogen-bond donors (Lipinski definition) is 3. The van der Waals surface area contributed by atoms with Crippen LogP contribution in [0.15, 0.2) is 24.3 Å². The minimum absolute atomic E-state index is 0.000648. The van der Waals surface area contributed by atoms with Crippen molar-refractivity contribution < 1.29 is 10.0 Å². The predicted molar refractivity (Wildman–Crippen MR) is 57.1 cm³/mol. The molecule has 0 saturated carbocycles. The van der Waals surface area contributed by atoms with E-state index < -0.39 is 5.91 Å². The zero-order valence-electron chi connectivity index (χ0n) is 7.73. The van der Waals surface area contributed by atoms with Crippen molar-refractivity contribution in [1.29, 1.82) is 0 Å². The number of hydroxylamine groups is 1. The van der Waals surface area contributed by atoms with Gasteiger partial charge in [-0.3, -0.25) is 10.0 Å². The van der Waals surface area contributed by atoms with E-state index >= 15 is 0 Å². The number of nitrogens with zero attached hydrogens (tertiary/aromatic N) is 1. The van der Waals surface area contributed by atoms with Gasteiger partial charge in [0.15, 0.2) is 4.77 Å². The third-order valence-electron chi connectivity index (χ3n) is 2.11. The van der Waals surface area contributed by atoms with Crippen molar-refractivity contribution in [1.82, 2.24) is 15.0 Å². The highest BCUT2D eigenvalue weighted by Gasteiger charge is 2.06. The molecule has 6 heteroatoms. The Morgan fingerprint density at radius 1 is 1.53 bits per heavy atom. The number of carbonyl (C=O) groups excluding carboxylic acids is 1. The van der Waals surface area contributed by atoms with Crippen LogP contribution in [-0.4, -0.2) is 20.7 Å². The van der Waals surface area contributed by atoms with Crippen molar-refractivity contribution in [2.75, 3.05) is 0 Å². The minimum Gasteiger partial charge on any atom is -0.331 e. The number of aromatic amines is 1. The summed E-state index contributed by atoms with van der Waals surface area (Å²) in [4.78, 5) is 14.0. The van der Waals surface area contributed by atoms with E-state index in [1.54, 1.807) is 10.0 Å². The van der Waals surface area contributed by atoms with Crippen molar-refractivity contribution in [3.05, 3.63) is 29.0 Å². The van der Waals surface area contributed by atoms with Gasteiger partial charge in [-0.05, 0) is 24.4 Å². The van der Waals surface area contributed by atoms with Crippen molar-refractivity contribution in [2.24, 2.45) is 0 Å². The average molecular weight is 223 g/mol. The number of carbonyl (C=O) groups is 1. The average Bonchev–Trinajstić information content (AvgIpc) is 2.55. The molecule has 0 saturated heterocycles. The molecule has 78 valence electrons. The lowest BCUT2D eigenvalue weighted by atomic mass is 10.3. The molecule has 2 rings (SSSR count). The van der Waals surface area contributed by atoms with Gasteiger partial charge in [0.1, 0.15) is 6.54 Å². The Morgan fingerprint density at radius 3 is 3.00 bits per heavy atom. The molecular formula is C9H9N3O2S. The Kier molecular flexibility index (Phi) is 2.53. The van der Waals surface area contributed by atoms with Crippen molar-refractivity contribution >= 4 is 29.2 Å². The van der Waals surface area contributed by atoms with Crippen molar-refractivity contribution in [2.45, 2.75) is 6.54 Å². The Bertz CT molecular complexity index is 558. The van der Waals surface area contributed by atoms with Crippen LogP contribution in [0.5, 0.6) is 0 Å². The summed E-state index contributed by atoms with van der Waals surface area (Å²) in [7, 11) is 0. The number of hydrogen-bond acceptors (Lipinski definition) is 3. The third-order valence-corrected chi connectivity index (χ3v) is 2.43. The molecule has 1 aromatic heterocycles. The second-order valence-electron chi connectivity index (χ2n) is 3.07. The molecule has 0 atom stereocenters. The number of nitrogens with one attached hydrogen (secondary N) is 2. The first-order valence-electron chi connectivity index (χ1n) is 4.33. The Labute approximate surface area is 90.3 Å². The summed E-state index contributed by atoms with van der Waals surface area (Å²) in [6.45, 7) is -0.000648. The molecule has 0 aliphatic rings. The Hall–Kier alpha value is -1.66. The molecule has 0 fully saturated rings. The molecule has 0 bridgehead atoms. The van der Waals surface area contributed by atoms with Crippen LogP contribution in [0, 0.1) is 4.77 Å². The highest BCUT2D eigenvalue weighted by molar-refractivity contribution is 7.71. The molecule has 1 heterocycles. The van der Waals surface area contributed by atoms with Gasteiger partial charge in [-0.2, -0.15) is 0 Å². The first-order chi connectivity index (χ1) is 7.22. The summed E-state index contributed by atoms with van der Waals surface area (Å²) >= 11 is 5.07. The molecule has 0 aliphatic heterocycles. The van der Waals surface area contributed by atoms with Gasteiger partial charge in [0.2, 0.25) is 0 Å². The van der Waals surface area contributed by atoms with Crippen LogP contribution in [0.1, 0.15) is 0 Å². The minimum atomic E-state index is -0.504. The first kappa shape index (κ1) is 9.88. The van der Waals surface area contributed by atoms with Crippen LogP contribution in [0.2, 0.25) is 0 Å². The Morgan fingerprint density at radius 2 is 2.27 bits per heavy atom. The Balaban J connectivity index is 2.54. The van der Waals surface area contributed by atoms with Crippen LogP contribution < -0.4 is 5.48 Å². The second kappa shape index (κ2) is 3.84. The standard InChI is InChI=1S/C9H9N3O2S/c13-8(11-14)5-12-7-4-2-1-3-6(7)10-9(12)15/h1-4,14H,5H2,(H,10,15)(H,11,13). The summed E-state index contributed by atoms with van der Waals surface area (Å²) in [5.41, 5.74) is 3.28. The fourth-order valence-electron chi connectivity index (χ4n) is 1.44. The molecule has 0 aliphatic carbocycles. The van der Waals surface area contributed by atoms with Crippen LogP contribution in [-0.2, 0) is 11.3 Å². The topological polar surface area (TPSA) is 70.0 Å². The van der Waals surface area contributed by atoms with Gasteiger partial charge in [-0.15, -0.1) is 0 Å². The van der Waals surface area contributed by atoms with Crippen LogP contribution in [0.25, 0.3) is 11.0 Å². The molecular weight excluding hydrogens is 214 g/mol. The molecule has 5 nitrogen and oxygen atoms in total. The van der Waals surface area contributed by atoms with Gasteiger partial charge >= 0.3 is 0 Å². The largest absolute Gasteiger partial charge is 0.331 e. The smallest absolute Gasteiger partial charge is 0.263 e. The summed E-state index contributed by atoms with van der Waals surface area (Å²) in [5.74, 6) is -0.504. The molecule has 0 radical (unpaired) electrons. The summed E-state index contributed by atoms with van der Waals surface area (Å²) in [5, 5.41) is 8.44. The van der Waals surface area contributed by atoms with E-state index in [4.69, 9.17) is 17.4 Å². The van der Waals surface area contributed by atoms with E-state index in [9.17, 15) is 4.79 Å². The van der Waals surface area contributed by atoms with E-state index in [-0.39, 0.29) is 6.54 Å². The SMILES string of the molecule is O=C(Cn1c(=S)[nH]c2ccccc21)NO. The van der Waals surface area contributed by atoms with Crippen molar-refractivity contribution in [3.8, 4) is 0 Å². The molecule has 1 amide bonds. The summed E-state index contributed by atoms with van der Waals surface area (Å²) in [6, 6.07) is 7.47. The highest BCUT2D eigenvalue weighted by Crippen LogP contribution is 2.12. The maximum Gasteiger partial charge on any atom is 0.263 e. The first-order valence-corrected chi connectivity index (χ1v) is 4.73. The summed E-state index contributed by atoms with van der Waals surface area (Å²) in [6.07, 6.45) is 0. The van der Waals surface area contributed by atoms with E-state index in [2.05, 4.69) is 4.98 Å². The number of rotatable bonds is 2. The fraction of sp³-hybridized carbons (Fsp3) is 0.111. The van der Waals surface area contributed by atoms with Gasteiger partial charge in [0.05, 0.1) is 11.0 Å². The number of fused-ring (bicyclic) bond motifs is 1. The van der Waals surface area contributed by atoms with Gasteiger partial charge in [-0.25, -0.2) is 5.48 Å². The molecule has 15 heavy (non-hydrogen) atoms. The zero-order chi connectivity index (χ0) is 10.8. The van der Waals surface area contributed by atoms with E-state index in [1.807, 2.05) is 24.3 Å². The maximum absolute atomic E-state index is 11.0. The van der Waals surface area contributed by atoms with Gasteiger partial charge in [-0.1, -0.05) is 12.1 Å². The third kappa shape index (κ3) is 1.77. The lowest BCUT2D eigenvalue weighted by Gasteiger charge is -2.01. The number of benzene rings is 1. The number of amides is 1. The van der Waals surface area contributed by atoms with E-state index in [0.717, 1.165) is 11.0 Å². The van der Waals surface area contributed by atoms with Crippen LogP contribution in [0.3, 0.4) is 0 Å². The maximum atomic E-state index is 11.0. The van der Waals surface area contributed by atoms with Crippen LogP contribution in [0.4, 0.5) is 0 Å². The number of para-hydroxylation sites is 2. The van der Waals surface area contributed by atoms with Gasteiger partial charge < -0.3 is 9.55 Å². The second-order valence-corrected chi connectivity index (χ2v) is 3.46. The quantitative estimate of drug-likeness (QED) is 0.407. The normalized spacial score (nSPS) is 10.5. The molecule has 0 spiro atoms. The number of imidazole rings is 1. The lowest BCUT2D eigenvalue weighted by molar-refractivity contribution is -0.129. The highest BCUT2D eigenvalue weighted by atomic mass is 32.1. The summed E-state index contributed by atoms with van der Waals surface area (Å²) < 4.78 is 2.08. The number of aromatic nitrogens is 2. The van der Waals surface area contributed by atoms with Crippen molar-refractivity contribution in [3.63, 3.8) is 0 Å².